The number of carbonyl (C=O) groups is 6. The van der Waals surface area contributed by atoms with E-state index in [1.165, 1.54) is 0 Å². The van der Waals surface area contributed by atoms with Crippen molar-refractivity contribution in [2.24, 2.45) is 0 Å². The maximum absolute atomic E-state index is 14.6. The maximum atomic E-state index is 14.6. The van der Waals surface area contributed by atoms with Crippen molar-refractivity contribution < 1.29 is 133 Å². The molecule has 9 rings (SSSR count). The first-order valence-electron chi connectivity index (χ1n) is 19.1. The van der Waals surface area contributed by atoms with Gasteiger partial charge in [0, 0.05) is 16.7 Å². The number of aliphatic hydroxyl groups is 3. The number of cyclic esters (lactones) is 1. The largest absolute Gasteiger partial charge is 0.504 e. The minimum atomic E-state index is -3.98. The summed E-state index contributed by atoms with van der Waals surface area (Å²) in [6.45, 7) is -1.31. The van der Waals surface area contributed by atoms with E-state index < -0.39 is 204 Å². The molecule has 7 atom stereocenters. The molecule has 0 aromatic heterocycles. The molecule has 0 unspecified atom stereocenters. The minimum absolute atomic E-state index is 0.264. The molecule has 4 aromatic carbocycles. The molecule has 4 heterocycles. The Hall–Kier alpha value is -8.92. The number of aromatic hydroxyl groups is 11. The van der Waals surface area contributed by atoms with E-state index in [4.69, 9.17) is 33.2 Å². The highest BCUT2D eigenvalue weighted by Gasteiger charge is 2.70. The van der Waals surface area contributed by atoms with Gasteiger partial charge in [0.05, 0.1) is 33.7 Å². The van der Waals surface area contributed by atoms with Gasteiger partial charge in [0.25, 0.3) is 5.79 Å². The highest BCUT2D eigenvalue weighted by molar-refractivity contribution is 6.10. The van der Waals surface area contributed by atoms with Crippen LogP contribution in [0.1, 0.15) is 52.9 Å². The number of hydrogen-bond acceptors (Lipinski definition) is 27. The fraction of sp³-hybridized carbons (Fsp3) is 0.220. The van der Waals surface area contributed by atoms with E-state index >= 15 is 0 Å². The zero-order valence-electron chi connectivity index (χ0n) is 33.2. The summed E-state index contributed by atoms with van der Waals surface area (Å²) in [5, 5.41) is 150. The molecular weight excluding hydrogens is 924 g/mol. The Bertz CT molecular complexity index is 3020. The number of hydrogen-bond donors (Lipinski definition) is 14. The van der Waals surface area contributed by atoms with Crippen LogP contribution in [0.15, 0.2) is 42.0 Å². The molecule has 6 bridgehead atoms. The van der Waals surface area contributed by atoms with Gasteiger partial charge in [-0.3, -0.25) is 4.79 Å². The van der Waals surface area contributed by atoms with E-state index in [-0.39, 0.29) is 6.08 Å². The lowest BCUT2D eigenvalue weighted by molar-refractivity contribution is -0.339. The van der Waals surface area contributed by atoms with Gasteiger partial charge in [-0.2, -0.15) is 0 Å². The van der Waals surface area contributed by atoms with Crippen LogP contribution >= 0.6 is 0 Å². The lowest BCUT2D eigenvalue weighted by atomic mass is 9.70. The number of benzene rings is 4. The van der Waals surface area contributed by atoms with E-state index in [0.717, 1.165) is 0 Å². The van der Waals surface area contributed by atoms with E-state index in [1.807, 2.05) is 0 Å². The van der Waals surface area contributed by atoms with Crippen LogP contribution in [0.4, 0.5) is 0 Å². The van der Waals surface area contributed by atoms with Crippen molar-refractivity contribution >= 4 is 35.6 Å². The SMILES string of the molecule is O=C1O[C@H]2[C@H]3OC(=O)c4cc(O)c(O)c(O)c4-c4c(cc(O)c(O)c4O)C(=O)OC[C@H]2O[C@H](OC(=O)c2cc(O)c(O)c(O)c2)[C@H]3OC(=O)c2cc(O)c(O)c3c2[C@H]2C1=CC(=O)[C@](O)(O3)C2(O)O. The molecule has 68 heavy (non-hydrogen) atoms. The zero-order valence-corrected chi connectivity index (χ0v) is 33.2. The van der Waals surface area contributed by atoms with Crippen molar-refractivity contribution in [3.8, 4) is 80.1 Å². The van der Waals surface area contributed by atoms with Crippen molar-refractivity contribution in [3.05, 3.63) is 69.8 Å². The predicted octanol–water partition coefficient (Wildman–Crippen LogP) is -1.10. The van der Waals surface area contributed by atoms with Gasteiger partial charge in [-0.05, 0) is 36.4 Å². The Labute approximate surface area is 373 Å². The number of phenolic OH excluding ortho intramolecular Hbond substituents is 11. The van der Waals surface area contributed by atoms with Gasteiger partial charge in [0.1, 0.15) is 12.7 Å². The fourth-order valence-corrected chi connectivity index (χ4v) is 8.25. The summed E-state index contributed by atoms with van der Waals surface area (Å²) in [7, 11) is 0. The Kier molecular flexibility index (Phi) is 9.64. The minimum Gasteiger partial charge on any atom is -0.504 e. The van der Waals surface area contributed by atoms with Crippen molar-refractivity contribution in [1.82, 2.24) is 0 Å². The first-order valence-corrected chi connectivity index (χ1v) is 19.1. The summed E-state index contributed by atoms with van der Waals surface area (Å²) >= 11 is 0. The highest BCUT2D eigenvalue weighted by Crippen LogP contribution is 2.59. The third-order valence-corrected chi connectivity index (χ3v) is 11.5. The van der Waals surface area contributed by atoms with Crippen LogP contribution in [0.3, 0.4) is 0 Å². The van der Waals surface area contributed by atoms with E-state index in [0.29, 0.717) is 30.3 Å². The molecule has 0 radical (unpaired) electrons. The van der Waals surface area contributed by atoms with Gasteiger partial charge >= 0.3 is 35.6 Å². The van der Waals surface area contributed by atoms with Gasteiger partial charge in [0.2, 0.25) is 35.4 Å². The molecular formula is C41H28O27. The third-order valence-electron chi connectivity index (χ3n) is 11.5. The van der Waals surface area contributed by atoms with Gasteiger partial charge in [0.15, 0.2) is 64.0 Å². The number of fused-ring (bicyclic) bond motifs is 4. The number of ether oxygens (including phenoxy) is 7. The Morgan fingerprint density at radius 2 is 1.07 bits per heavy atom. The van der Waals surface area contributed by atoms with E-state index in [2.05, 4.69) is 0 Å². The van der Waals surface area contributed by atoms with Crippen molar-refractivity contribution in [2.75, 3.05) is 6.61 Å². The smallest absolute Gasteiger partial charge is 0.340 e. The average Bonchev–Trinajstić information content (AvgIpc) is 3.28. The summed E-state index contributed by atoms with van der Waals surface area (Å²) < 4.78 is 38.9. The van der Waals surface area contributed by atoms with Gasteiger partial charge in [-0.15, -0.1) is 0 Å². The first-order chi connectivity index (χ1) is 31.9. The second-order valence-electron chi connectivity index (χ2n) is 15.5. The second-order valence-corrected chi connectivity index (χ2v) is 15.5. The molecule has 0 amide bonds. The monoisotopic (exact) mass is 952 g/mol. The topological polar surface area (TPSA) is 450 Å². The Morgan fingerprint density at radius 1 is 0.574 bits per heavy atom. The zero-order chi connectivity index (χ0) is 49.4. The van der Waals surface area contributed by atoms with Crippen molar-refractivity contribution in [1.29, 1.82) is 0 Å². The van der Waals surface area contributed by atoms with Crippen LogP contribution in [-0.2, 0) is 38.0 Å². The number of rotatable bonds is 2. The first kappa shape index (κ1) is 44.3. The van der Waals surface area contributed by atoms with Crippen LogP contribution < -0.4 is 4.74 Å². The van der Waals surface area contributed by atoms with Gasteiger partial charge < -0.3 is 105 Å². The lowest BCUT2D eigenvalue weighted by Gasteiger charge is -2.49. The normalized spacial score (nSPS) is 25.7. The molecule has 27 heteroatoms. The molecule has 1 aliphatic carbocycles. The van der Waals surface area contributed by atoms with Crippen LogP contribution in [0.2, 0.25) is 0 Å². The predicted molar refractivity (Wildman–Crippen MR) is 204 cm³/mol. The van der Waals surface area contributed by atoms with Crippen molar-refractivity contribution in [3.63, 3.8) is 0 Å². The summed E-state index contributed by atoms with van der Waals surface area (Å²) in [5.41, 5.74) is -8.48. The quantitative estimate of drug-likeness (QED) is 0.0491. The fourth-order valence-electron chi connectivity index (χ4n) is 8.25. The molecule has 1 saturated heterocycles. The van der Waals surface area contributed by atoms with Crippen molar-refractivity contribution in [2.45, 2.75) is 48.2 Å². The molecule has 1 fully saturated rings. The van der Waals surface area contributed by atoms with Crippen LogP contribution in [-0.4, -0.2) is 156 Å². The summed E-state index contributed by atoms with van der Waals surface area (Å²) in [6.07, 6.45) is -12.1. The molecule has 354 valence electrons. The molecule has 5 aliphatic rings. The Balaban J connectivity index is 1.30. The molecule has 0 saturated carbocycles. The van der Waals surface area contributed by atoms with Crippen LogP contribution in [0.5, 0.6) is 69.0 Å². The molecule has 4 aromatic rings. The molecule has 4 aliphatic heterocycles. The van der Waals surface area contributed by atoms with Gasteiger partial charge in [-0.1, -0.05) is 0 Å². The van der Waals surface area contributed by atoms with Crippen LogP contribution in [0.25, 0.3) is 11.1 Å². The van der Waals surface area contributed by atoms with Crippen LogP contribution in [0, 0.1) is 0 Å². The third kappa shape index (κ3) is 6.21. The Morgan fingerprint density at radius 3 is 1.68 bits per heavy atom. The molecule has 0 spiro atoms. The number of carbonyl (C=O) groups excluding carboxylic acids is 6. The highest BCUT2D eigenvalue weighted by atomic mass is 16.8. The van der Waals surface area contributed by atoms with E-state index in [9.17, 15) is 100 Å². The number of esters is 5. The van der Waals surface area contributed by atoms with Gasteiger partial charge in [-0.25, -0.2) is 24.0 Å². The summed E-state index contributed by atoms with van der Waals surface area (Å²) in [6, 6.07) is 2.32. The molecule has 27 nitrogen and oxygen atoms in total. The molecule has 14 N–H and O–H groups in total. The average molecular weight is 953 g/mol. The maximum Gasteiger partial charge on any atom is 0.340 e. The summed E-state index contributed by atoms with van der Waals surface area (Å²) in [4.78, 5) is 84.8. The lowest BCUT2D eigenvalue weighted by Crippen LogP contribution is -2.70. The number of ketones is 1. The standard InChI is InChI=1S/C41H28O27/c42-13-1-8(2-14(43)24(13)48)34(54)67-39-33-32-30(64-38(58)12-6-19(47)41(61)40(59,60)23(12)22-11(37(57)66-33)5-17(46)27(51)31(22)68-41)18(63-39)7-62-35(55)9-3-15(44)25(49)28(52)20(9)21-10(36(56)65-32)4-16(45)26(50)29(21)53/h1-6,18,23,30,32-33,39,42-46,48-53,59-61H,7H2/t18-,23-,30-,32-,33+,39-,41+/m1/s1. The summed E-state index contributed by atoms with van der Waals surface area (Å²) in [5.74, 6) is -36.5. The second kappa shape index (κ2) is 14.8. The van der Waals surface area contributed by atoms with E-state index in [1.54, 1.807) is 0 Å². The number of phenols is 11.